The summed E-state index contributed by atoms with van der Waals surface area (Å²) in [7, 11) is 0. The van der Waals surface area contributed by atoms with Crippen LogP contribution < -0.4 is 0 Å². The standard InChI is InChI=1S/C11H8N2O2/c1-7-2-3-10-9(4-7)13-11(15-10)8-5-12-14-6-8/h2-6H,1H3. The van der Waals surface area contributed by atoms with Crippen LogP contribution in [0.5, 0.6) is 0 Å². The largest absolute Gasteiger partial charge is 0.436 e. The first-order valence-corrected chi connectivity index (χ1v) is 4.60. The van der Waals surface area contributed by atoms with Crippen molar-refractivity contribution in [1.82, 2.24) is 10.1 Å². The molecule has 3 aromatic rings. The highest BCUT2D eigenvalue weighted by atomic mass is 16.5. The lowest BCUT2D eigenvalue weighted by atomic mass is 10.2. The third kappa shape index (κ3) is 1.30. The van der Waals surface area contributed by atoms with Crippen molar-refractivity contribution in [3.05, 3.63) is 36.2 Å². The monoisotopic (exact) mass is 200 g/mol. The summed E-state index contributed by atoms with van der Waals surface area (Å²) < 4.78 is 10.3. The fraction of sp³-hybridized carbons (Fsp3) is 0.0909. The summed E-state index contributed by atoms with van der Waals surface area (Å²) in [6.45, 7) is 2.02. The Kier molecular flexibility index (Phi) is 1.62. The molecule has 0 aliphatic heterocycles. The lowest BCUT2D eigenvalue weighted by molar-refractivity contribution is 0.420. The number of benzene rings is 1. The molecule has 0 N–H and O–H groups in total. The Hall–Kier alpha value is -2.10. The average molecular weight is 200 g/mol. The number of aromatic nitrogens is 2. The Bertz CT molecular complexity index is 596. The third-order valence-electron chi connectivity index (χ3n) is 2.22. The van der Waals surface area contributed by atoms with Crippen LogP contribution in [-0.4, -0.2) is 10.1 Å². The number of hydrogen-bond donors (Lipinski definition) is 0. The molecule has 0 unspecified atom stereocenters. The summed E-state index contributed by atoms with van der Waals surface area (Å²) in [6.07, 6.45) is 3.09. The van der Waals surface area contributed by atoms with E-state index in [9.17, 15) is 0 Å². The van der Waals surface area contributed by atoms with E-state index < -0.39 is 0 Å². The fourth-order valence-electron chi connectivity index (χ4n) is 1.47. The minimum Gasteiger partial charge on any atom is -0.436 e. The van der Waals surface area contributed by atoms with Crippen molar-refractivity contribution in [1.29, 1.82) is 0 Å². The lowest BCUT2D eigenvalue weighted by Gasteiger charge is -1.87. The van der Waals surface area contributed by atoms with E-state index in [1.807, 2.05) is 25.1 Å². The molecule has 74 valence electrons. The topological polar surface area (TPSA) is 52.1 Å². The van der Waals surface area contributed by atoms with E-state index in [1.54, 1.807) is 6.20 Å². The molecule has 0 spiro atoms. The smallest absolute Gasteiger partial charge is 0.232 e. The zero-order valence-electron chi connectivity index (χ0n) is 8.10. The van der Waals surface area contributed by atoms with Gasteiger partial charge < -0.3 is 8.94 Å². The number of rotatable bonds is 1. The second-order valence-electron chi connectivity index (χ2n) is 3.40. The highest BCUT2D eigenvalue weighted by Gasteiger charge is 2.09. The average Bonchev–Trinajstić information content (AvgIpc) is 2.84. The quantitative estimate of drug-likeness (QED) is 0.606. The first kappa shape index (κ1) is 8.23. The second kappa shape index (κ2) is 2.95. The fourth-order valence-corrected chi connectivity index (χ4v) is 1.47. The summed E-state index contributed by atoms with van der Waals surface area (Å²) in [5.41, 5.74) is 3.54. The maximum atomic E-state index is 5.56. The molecule has 4 nitrogen and oxygen atoms in total. The minimum atomic E-state index is 0.539. The number of hydrogen-bond acceptors (Lipinski definition) is 4. The van der Waals surface area contributed by atoms with Crippen molar-refractivity contribution in [3.63, 3.8) is 0 Å². The summed E-state index contributed by atoms with van der Waals surface area (Å²) in [6, 6.07) is 5.88. The zero-order valence-corrected chi connectivity index (χ0v) is 8.10. The van der Waals surface area contributed by atoms with Crippen molar-refractivity contribution < 1.29 is 8.94 Å². The van der Waals surface area contributed by atoms with Gasteiger partial charge in [-0.2, -0.15) is 0 Å². The molecule has 0 bridgehead atoms. The molecular formula is C11H8N2O2. The van der Waals surface area contributed by atoms with Gasteiger partial charge in [-0.1, -0.05) is 11.2 Å². The van der Waals surface area contributed by atoms with Gasteiger partial charge in [0.15, 0.2) is 5.58 Å². The molecule has 4 heteroatoms. The highest BCUT2D eigenvalue weighted by molar-refractivity contribution is 5.76. The number of nitrogens with zero attached hydrogens (tertiary/aromatic N) is 2. The molecule has 0 radical (unpaired) electrons. The van der Waals surface area contributed by atoms with Crippen molar-refractivity contribution >= 4 is 11.1 Å². The van der Waals surface area contributed by atoms with Gasteiger partial charge in [0.25, 0.3) is 0 Å². The summed E-state index contributed by atoms with van der Waals surface area (Å²) in [5, 5.41) is 3.61. The van der Waals surface area contributed by atoms with Crippen LogP contribution in [0.4, 0.5) is 0 Å². The van der Waals surface area contributed by atoms with Crippen LogP contribution in [0.15, 0.2) is 39.6 Å². The summed E-state index contributed by atoms with van der Waals surface area (Å²) >= 11 is 0. The van der Waals surface area contributed by atoms with Crippen molar-refractivity contribution in [3.8, 4) is 11.5 Å². The number of oxazole rings is 1. The molecule has 15 heavy (non-hydrogen) atoms. The molecule has 0 aliphatic carbocycles. The van der Waals surface area contributed by atoms with Gasteiger partial charge in [0.1, 0.15) is 11.8 Å². The van der Waals surface area contributed by atoms with Crippen LogP contribution in [0.25, 0.3) is 22.6 Å². The highest BCUT2D eigenvalue weighted by Crippen LogP contribution is 2.24. The molecule has 2 heterocycles. The molecule has 3 rings (SSSR count). The molecule has 0 atom stereocenters. The summed E-state index contributed by atoms with van der Waals surface area (Å²) in [4.78, 5) is 4.35. The van der Waals surface area contributed by atoms with Crippen molar-refractivity contribution in [2.75, 3.05) is 0 Å². The van der Waals surface area contributed by atoms with Crippen LogP contribution in [0.1, 0.15) is 5.56 Å². The maximum absolute atomic E-state index is 5.56. The van der Waals surface area contributed by atoms with E-state index in [4.69, 9.17) is 8.94 Å². The molecule has 0 saturated carbocycles. The first-order valence-electron chi connectivity index (χ1n) is 4.60. The Labute approximate surface area is 85.5 Å². The summed E-state index contributed by atoms with van der Waals surface area (Å²) in [5.74, 6) is 0.539. The number of fused-ring (bicyclic) bond motifs is 1. The Morgan fingerprint density at radius 2 is 2.20 bits per heavy atom. The van der Waals surface area contributed by atoms with Crippen LogP contribution in [-0.2, 0) is 0 Å². The Balaban J connectivity index is 2.22. The molecule has 0 amide bonds. The molecule has 0 aliphatic rings. The number of aryl methyl sites for hydroxylation is 1. The molecule has 0 fully saturated rings. The minimum absolute atomic E-state index is 0.539. The van der Waals surface area contributed by atoms with Gasteiger partial charge in [-0.15, -0.1) is 0 Å². The van der Waals surface area contributed by atoms with E-state index in [1.165, 1.54) is 6.26 Å². The lowest BCUT2D eigenvalue weighted by Crippen LogP contribution is -1.72. The van der Waals surface area contributed by atoms with E-state index in [2.05, 4.69) is 10.1 Å². The predicted molar refractivity (Wildman–Crippen MR) is 54.2 cm³/mol. The van der Waals surface area contributed by atoms with Gasteiger partial charge >= 0.3 is 0 Å². The van der Waals surface area contributed by atoms with Crippen LogP contribution >= 0.6 is 0 Å². The van der Waals surface area contributed by atoms with E-state index in [0.717, 1.165) is 22.2 Å². The van der Waals surface area contributed by atoms with Gasteiger partial charge in [0.05, 0.1) is 11.8 Å². The van der Waals surface area contributed by atoms with Crippen LogP contribution in [0.3, 0.4) is 0 Å². The Morgan fingerprint density at radius 3 is 3.00 bits per heavy atom. The SMILES string of the molecule is Cc1ccc2oc(-c3cnoc3)nc2c1. The Morgan fingerprint density at radius 1 is 1.27 bits per heavy atom. The van der Waals surface area contributed by atoms with Crippen LogP contribution in [0, 0.1) is 6.92 Å². The molecule has 0 saturated heterocycles. The zero-order chi connectivity index (χ0) is 10.3. The van der Waals surface area contributed by atoms with Gasteiger partial charge in [-0.3, -0.25) is 0 Å². The van der Waals surface area contributed by atoms with E-state index in [-0.39, 0.29) is 0 Å². The normalized spacial score (nSPS) is 11.0. The molecule has 2 aromatic heterocycles. The van der Waals surface area contributed by atoms with Gasteiger partial charge in [-0.05, 0) is 24.6 Å². The van der Waals surface area contributed by atoms with Crippen molar-refractivity contribution in [2.45, 2.75) is 6.92 Å². The van der Waals surface area contributed by atoms with Gasteiger partial charge in [-0.25, -0.2) is 4.98 Å². The van der Waals surface area contributed by atoms with Crippen molar-refractivity contribution in [2.24, 2.45) is 0 Å². The second-order valence-corrected chi connectivity index (χ2v) is 3.40. The molecular weight excluding hydrogens is 192 g/mol. The predicted octanol–water partition coefficient (Wildman–Crippen LogP) is 2.79. The van der Waals surface area contributed by atoms with E-state index >= 15 is 0 Å². The third-order valence-corrected chi connectivity index (χ3v) is 2.22. The maximum Gasteiger partial charge on any atom is 0.232 e. The first-order chi connectivity index (χ1) is 7.33. The van der Waals surface area contributed by atoms with E-state index in [0.29, 0.717) is 5.89 Å². The van der Waals surface area contributed by atoms with Gasteiger partial charge in [0.2, 0.25) is 5.89 Å². The van der Waals surface area contributed by atoms with Gasteiger partial charge in [0, 0.05) is 0 Å². The molecule has 1 aromatic carbocycles. The van der Waals surface area contributed by atoms with Crippen LogP contribution in [0.2, 0.25) is 0 Å².